The van der Waals surface area contributed by atoms with Crippen LogP contribution in [-0.4, -0.2) is 0 Å². The van der Waals surface area contributed by atoms with Crippen molar-refractivity contribution in [1.82, 2.24) is 0 Å². The quantitative estimate of drug-likeness (QED) is 0.285. The summed E-state index contributed by atoms with van der Waals surface area (Å²) >= 11 is 8.56. The van der Waals surface area contributed by atoms with Crippen molar-refractivity contribution < 1.29 is 8.78 Å². The van der Waals surface area contributed by atoms with Crippen LogP contribution in [0.25, 0.3) is 0 Å². The number of hydrogen-bond acceptors (Lipinski definition) is 0. The van der Waals surface area contributed by atoms with E-state index in [1.807, 2.05) is 24.3 Å². The fourth-order valence-electron chi connectivity index (χ4n) is 1.58. The largest absolute Gasteiger partial charge is 0.207 e. The molecule has 2 rings (SSSR count). The van der Waals surface area contributed by atoms with E-state index in [4.69, 9.17) is 0 Å². The summed E-state index contributed by atoms with van der Waals surface area (Å²) in [4.78, 5) is -0.366. The zero-order chi connectivity index (χ0) is 13.3. The average molecular weight is 488 g/mol. The molecule has 1 unspecified atom stereocenters. The topological polar surface area (TPSA) is 0 Å². The van der Waals surface area contributed by atoms with Gasteiger partial charge in [-0.1, -0.05) is 28.1 Å². The van der Waals surface area contributed by atoms with Gasteiger partial charge in [0.1, 0.15) is 11.6 Å². The second-order valence-electron chi connectivity index (χ2n) is 3.71. The van der Waals surface area contributed by atoms with Crippen molar-refractivity contribution in [3.05, 3.63) is 67.2 Å². The highest BCUT2D eigenvalue weighted by Crippen LogP contribution is 2.34. The molecule has 0 radical (unpaired) electrons. The Hall–Kier alpha value is -0.0100. The van der Waals surface area contributed by atoms with Gasteiger partial charge in [0, 0.05) is 9.13 Å². The molecule has 0 bridgehead atoms. The highest BCUT2D eigenvalue weighted by molar-refractivity contribution is 14.1. The molecular formula is C13H7Br2F2I. The maximum Gasteiger partial charge on any atom is 0.137 e. The number of hydrogen-bond donors (Lipinski definition) is 0. The van der Waals surface area contributed by atoms with Crippen LogP contribution in [0.2, 0.25) is 0 Å². The van der Waals surface area contributed by atoms with Gasteiger partial charge in [0.25, 0.3) is 0 Å². The zero-order valence-corrected chi connectivity index (χ0v) is 14.3. The Labute approximate surface area is 134 Å². The maximum atomic E-state index is 13.8. The van der Waals surface area contributed by atoms with E-state index >= 15 is 0 Å². The van der Waals surface area contributed by atoms with E-state index in [-0.39, 0.29) is 14.9 Å². The van der Waals surface area contributed by atoms with E-state index in [9.17, 15) is 8.78 Å². The van der Waals surface area contributed by atoms with E-state index in [2.05, 4.69) is 54.5 Å². The lowest BCUT2D eigenvalue weighted by Gasteiger charge is -2.13. The van der Waals surface area contributed by atoms with Crippen LogP contribution in [0.4, 0.5) is 8.78 Å². The van der Waals surface area contributed by atoms with E-state index in [0.717, 1.165) is 15.2 Å². The van der Waals surface area contributed by atoms with Crippen LogP contribution < -0.4 is 0 Å². The first-order valence-electron chi connectivity index (χ1n) is 5.03. The average Bonchev–Trinajstić information content (AvgIpc) is 2.33. The molecule has 0 aliphatic rings. The second kappa shape index (κ2) is 5.96. The fraction of sp³-hybridized carbons (Fsp3) is 0.0769. The predicted molar refractivity (Wildman–Crippen MR) is 84.0 cm³/mol. The van der Waals surface area contributed by atoms with Gasteiger partial charge in [-0.15, -0.1) is 0 Å². The summed E-state index contributed by atoms with van der Waals surface area (Å²) in [6.45, 7) is 0. The second-order valence-corrected chi connectivity index (χ2v) is 6.72. The van der Waals surface area contributed by atoms with Gasteiger partial charge >= 0.3 is 0 Å². The molecular weight excluding hydrogens is 481 g/mol. The minimum Gasteiger partial charge on any atom is -0.207 e. The summed E-state index contributed by atoms with van der Waals surface area (Å²) in [5.74, 6) is -0.912. The molecule has 0 aliphatic heterocycles. The molecule has 5 heteroatoms. The van der Waals surface area contributed by atoms with E-state index in [0.29, 0.717) is 0 Å². The normalized spacial score (nSPS) is 12.5. The lowest BCUT2D eigenvalue weighted by molar-refractivity contribution is 0.583. The molecule has 2 aromatic carbocycles. The third-order valence-corrected chi connectivity index (χ3v) is 4.75. The van der Waals surface area contributed by atoms with Gasteiger partial charge in [0.2, 0.25) is 0 Å². The Bertz CT molecular complexity index is 587. The van der Waals surface area contributed by atoms with Crippen LogP contribution in [0, 0.1) is 15.2 Å². The molecule has 0 heterocycles. The Balaban J connectivity index is 2.46. The van der Waals surface area contributed by atoms with Crippen LogP contribution in [0.15, 0.2) is 40.9 Å². The molecule has 2 aromatic rings. The molecule has 0 nitrogen and oxygen atoms in total. The van der Waals surface area contributed by atoms with Crippen molar-refractivity contribution in [2.75, 3.05) is 0 Å². The number of alkyl halides is 1. The van der Waals surface area contributed by atoms with Crippen molar-refractivity contribution in [3.8, 4) is 0 Å². The fourth-order valence-corrected chi connectivity index (χ4v) is 3.09. The Kier molecular flexibility index (Phi) is 4.77. The molecule has 0 N–H and O–H groups in total. The smallest absolute Gasteiger partial charge is 0.137 e. The molecule has 1 atom stereocenters. The standard InChI is InChI=1S/C13H7Br2F2I/c14-10-6-11(16)9(5-12(10)17)13(15)7-2-1-3-8(18)4-7/h1-6,13H. The highest BCUT2D eigenvalue weighted by atomic mass is 127. The molecule has 18 heavy (non-hydrogen) atoms. The molecule has 0 spiro atoms. The number of benzene rings is 2. The van der Waals surface area contributed by atoms with Gasteiger partial charge in [-0.3, -0.25) is 0 Å². The first kappa shape index (κ1) is 14.4. The van der Waals surface area contributed by atoms with Gasteiger partial charge in [-0.25, -0.2) is 8.78 Å². The molecule has 0 amide bonds. The Morgan fingerprint density at radius 3 is 2.44 bits per heavy atom. The zero-order valence-electron chi connectivity index (χ0n) is 8.93. The minimum atomic E-state index is -0.471. The molecule has 0 aliphatic carbocycles. The maximum absolute atomic E-state index is 13.8. The van der Waals surface area contributed by atoms with Crippen LogP contribution in [0.1, 0.15) is 16.0 Å². The lowest BCUT2D eigenvalue weighted by Crippen LogP contribution is -1.98. The van der Waals surface area contributed by atoms with Crippen molar-refractivity contribution in [2.45, 2.75) is 4.83 Å². The molecule has 0 saturated heterocycles. The van der Waals surface area contributed by atoms with Gasteiger partial charge in [-0.05, 0) is 68.3 Å². The first-order valence-corrected chi connectivity index (χ1v) is 7.81. The van der Waals surface area contributed by atoms with Crippen LogP contribution in [-0.2, 0) is 0 Å². The number of rotatable bonds is 2. The Morgan fingerprint density at radius 2 is 1.78 bits per heavy atom. The SMILES string of the molecule is Fc1cc(C(Br)c2cccc(I)c2)c(F)cc1Br. The van der Waals surface area contributed by atoms with Crippen LogP contribution >= 0.6 is 54.5 Å². The summed E-state index contributed by atoms with van der Waals surface area (Å²) in [6, 6.07) is 9.99. The van der Waals surface area contributed by atoms with Gasteiger partial charge < -0.3 is 0 Å². The van der Waals surface area contributed by atoms with Crippen molar-refractivity contribution >= 4 is 54.5 Å². The molecule has 94 valence electrons. The predicted octanol–water partition coefficient (Wildman–Crippen LogP) is 5.82. The van der Waals surface area contributed by atoms with Crippen molar-refractivity contribution in [1.29, 1.82) is 0 Å². The first-order chi connectivity index (χ1) is 8.49. The van der Waals surface area contributed by atoms with Gasteiger partial charge in [0.05, 0.1) is 9.30 Å². The van der Waals surface area contributed by atoms with Crippen molar-refractivity contribution in [3.63, 3.8) is 0 Å². The summed E-state index contributed by atoms with van der Waals surface area (Å²) in [5.41, 5.74) is 1.18. The summed E-state index contributed by atoms with van der Waals surface area (Å²) in [5, 5.41) is 0. The van der Waals surface area contributed by atoms with Crippen molar-refractivity contribution in [2.24, 2.45) is 0 Å². The lowest BCUT2D eigenvalue weighted by atomic mass is 10.0. The summed E-state index contributed by atoms with van der Waals surface area (Å²) < 4.78 is 28.5. The Morgan fingerprint density at radius 1 is 1.06 bits per heavy atom. The summed E-state index contributed by atoms with van der Waals surface area (Å²) in [6.07, 6.45) is 0. The summed E-state index contributed by atoms with van der Waals surface area (Å²) in [7, 11) is 0. The van der Waals surface area contributed by atoms with Crippen LogP contribution in [0.5, 0.6) is 0 Å². The van der Waals surface area contributed by atoms with Gasteiger partial charge in [-0.2, -0.15) is 0 Å². The van der Waals surface area contributed by atoms with Gasteiger partial charge in [0.15, 0.2) is 0 Å². The van der Waals surface area contributed by atoms with E-state index < -0.39 is 11.6 Å². The molecule has 0 saturated carbocycles. The third kappa shape index (κ3) is 3.11. The highest BCUT2D eigenvalue weighted by Gasteiger charge is 2.17. The van der Waals surface area contributed by atoms with E-state index in [1.165, 1.54) is 6.07 Å². The van der Waals surface area contributed by atoms with E-state index in [1.54, 1.807) is 0 Å². The van der Waals surface area contributed by atoms with Crippen LogP contribution in [0.3, 0.4) is 0 Å². The molecule has 0 fully saturated rings. The minimum absolute atomic E-state index is 0.131. The number of halogens is 5. The third-order valence-electron chi connectivity index (χ3n) is 2.45. The molecule has 0 aromatic heterocycles. The monoisotopic (exact) mass is 486 g/mol.